The van der Waals surface area contributed by atoms with E-state index in [1.165, 1.54) is 23.3 Å². The standard InChI is InChI=1S/C20H26FNO/c1-20(2,3)17-9-7-15(8-10-17)16(14-22)11-12-23-19-6-4-5-18(21)13-19/h4-10,13,16H,11-12,14,22H2,1-3H3. The smallest absolute Gasteiger partial charge is 0.126 e. The van der Waals surface area contributed by atoms with Crippen LogP contribution in [-0.4, -0.2) is 13.2 Å². The summed E-state index contributed by atoms with van der Waals surface area (Å²) in [7, 11) is 0. The van der Waals surface area contributed by atoms with Gasteiger partial charge in [-0.15, -0.1) is 0 Å². The fourth-order valence-corrected chi connectivity index (χ4v) is 2.55. The first-order chi connectivity index (χ1) is 10.9. The Balaban J connectivity index is 1.94. The third-order valence-electron chi connectivity index (χ3n) is 4.06. The molecule has 124 valence electrons. The highest BCUT2D eigenvalue weighted by molar-refractivity contribution is 5.29. The quantitative estimate of drug-likeness (QED) is 0.843. The molecule has 0 saturated carbocycles. The molecule has 3 heteroatoms. The van der Waals surface area contributed by atoms with Gasteiger partial charge in [0.25, 0.3) is 0 Å². The highest BCUT2D eigenvalue weighted by Gasteiger charge is 2.15. The van der Waals surface area contributed by atoms with E-state index in [9.17, 15) is 4.39 Å². The molecule has 23 heavy (non-hydrogen) atoms. The average molecular weight is 315 g/mol. The number of benzene rings is 2. The van der Waals surface area contributed by atoms with Crippen molar-refractivity contribution in [3.63, 3.8) is 0 Å². The van der Waals surface area contributed by atoms with Crippen molar-refractivity contribution >= 4 is 0 Å². The summed E-state index contributed by atoms with van der Waals surface area (Å²) in [4.78, 5) is 0. The van der Waals surface area contributed by atoms with Crippen LogP contribution < -0.4 is 10.5 Å². The van der Waals surface area contributed by atoms with Crippen molar-refractivity contribution < 1.29 is 9.13 Å². The molecule has 0 aliphatic heterocycles. The van der Waals surface area contributed by atoms with E-state index in [0.717, 1.165) is 6.42 Å². The van der Waals surface area contributed by atoms with E-state index in [1.807, 2.05) is 0 Å². The summed E-state index contributed by atoms with van der Waals surface area (Å²) in [5.41, 5.74) is 8.61. The van der Waals surface area contributed by atoms with Crippen LogP contribution in [0.2, 0.25) is 0 Å². The van der Waals surface area contributed by atoms with E-state index >= 15 is 0 Å². The number of nitrogens with two attached hydrogens (primary N) is 1. The molecule has 0 saturated heterocycles. The van der Waals surface area contributed by atoms with Gasteiger partial charge in [-0.3, -0.25) is 0 Å². The van der Waals surface area contributed by atoms with Crippen molar-refractivity contribution in [3.05, 3.63) is 65.5 Å². The van der Waals surface area contributed by atoms with Gasteiger partial charge in [0.15, 0.2) is 0 Å². The summed E-state index contributed by atoms with van der Waals surface area (Å²) in [5.74, 6) is 0.525. The maximum atomic E-state index is 13.1. The van der Waals surface area contributed by atoms with Crippen LogP contribution in [0.25, 0.3) is 0 Å². The second-order valence-corrected chi connectivity index (χ2v) is 6.90. The summed E-state index contributed by atoms with van der Waals surface area (Å²) in [5, 5.41) is 0. The topological polar surface area (TPSA) is 35.2 Å². The van der Waals surface area contributed by atoms with Crippen molar-refractivity contribution in [2.75, 3.05) is 13.2 Å². The summed E-state index contributed by atoms with van der Waals surface area (Å²) < 4.78 is 18.7. The molecule has 0 fully saturated rings. The van der Waals surface area contributed by atoms with E-state index in [2.05, 4.69) is 45.0 Å². The molecule has 0 aromatic heterocycles. The zero-order valence-electron chi connectivity index (χ0n) is 14.2. The Labute approximate surface area is 138 Å². The van der Waals surface area contributed by atoms with Crippen LogP contribution >= 0.6 is 0 Å². The maximum absolute atomic E-state index is 13.1. The first-order valence-corrected chi connectivity index (χ1v) is 8.09. The third-order valence-corrected chi connectivity index (χ3v) is 4.06. The van der Waals surface area contributed by atoms with Gasteiger partial charge in [-0.1, -0.05) is 51.1 Å². The van der Waals surface area contributed by atoms with Gasteiger partial charge in [0.05, 0.1) is 6.61 Å². The molecular weight excluding hydrogens is 289 g/mol. The molecule has 0 aliphatic rings. The summed E-state index contributed by atoms with van der Waals surface area (Å²) >= 11 is 0. The van der Waals surface area contributed by atoms with Crippen LogP contribution in [0.3, 0.4) is 0 Å². The monoisotopic (exact) mass is 315 g/mol. The van der Waals surface area contributed by atoms with Crippen molar-refractivity contribution in [3.8, 4) is 5.75 Å². The number of halogens is 1. The van der Waals surface area contributed by atoms with Crippen LogP contribution in [0.4, 0.5) is 4.39 Å². The van der Waals surface area contributed by atoms with Crippen LogP contribution in [0.15, 0.2) is 48.5 Å². The van der Waals surface area contributed by atoms with Crippen LogP contribution in [0, 0.1) is 5.82 Å². The Morgan fingerprint density at radius 3 is 2.35 bits per heavy atom. The van der Waals surface area contributed by atoms with Crippen molar-refractivity contribution in [1.29, 1.82) is 0 Å². The van der Waals surface area contributed by atoms with Gasteiger partial charge in [0.1, 0.15) is 11.6 Å². The minimum Gasteiger partial charge on any atom is -0.493 e. The summed E-state index contributed by atoms with van der Waals surface area (Å²) in [6.07, 6.45) is 0.807. The number of ether oxygens (including phenoxy) is 1. The molecule has 2 rings (SSSR count). The zero-order chi connectivity index (χ0) is 16.9. The lowest BCUT2D eigenvalue weighted by Gasteiger charge is -2.21. The SMILES string of the molecule is CC(C)(C)c1ccc(C(CN)CCOc2cccc(F)c2)cc1. The second kappa shape index (κ2) is 7.60. The van der Waals surface area contributed by atoms with Gasteiger partial charge in [0.2, 0.25) is 0 Å². The molecule has 2 N–H and O–H groups in total. The molecule has 2 nitrogen and oxygen atoms in total. The largest absolute Gasteiger partial charge is 0.493 e. The number of hydrogen-bond donors (Lipinski definition) is 1. The van der Waals surface area contributed by atoms with Gasteiger partial charge < -0.3 is 10.5 Å². The predicted octanol–water partition coefficient (Wildman–Crippen LogP) is 4.63. The Hall–Kier alpha value is -1.87. The molecule has 0 aliphatic carbocycles. The molecule has 2 aromatic carbocycles. The zero-order valence-corrected chi connectivity index (χ0v) is 14.2. The van der Waals surface area contributed by atoms with Crippen molar-refractivity contribution in [1.82, 2.24) is 0 Å². The van der Waals surface area contributed by atoms with Gasteiger partial charge in [0, 0.05) is 6.07 Å². The maximum Gasteiger partial charge on any atom is 0.126 e. The van der Waals surface area contributed by atoms with Gasteiger partial charge in [-0.25, -0.2) is 4.39 Å². The highest BCUT2D eigenvalue weighted by atomic mass is 19.1. The van der Waals surface area contributed by atoms with Gasteiger partial charge in [-0.2, -0.15) is 0 Å². The second-order valence-electron chi connectivity index (χ2n) is 6.90. The normalized spacial score (nSPS) is 12.9. The van der Waals surface area contributed by atoms with Gasteiger partial charge in [-0.05, 0) is 47.6 Å². The molecule has 1 unspecified atom stereocenters. The molecule has 2 aromatic rings. The lowest BCUT2D eigenvalue weighted by Crippen LogP contribution is -2.16. The first-order valence-electron chi connectivity index (χ1n) is 8.09. The van der Waals surface area contributed by atoms with Crippen molar-refractivity contribution in [2.45, 2.75) is 38.5 Å². The number of rotatable bonds is 6. The predicted molar refractivity (Wildman–Crippen MR) is 93.4 cm³/mol. The number of hydrogen-bond acceptors (Lipinski definition) is 2. The average Bonchev–Trinajstić information content (AvgIpc) is 2.51. The van der Waals surface area contributed by atoms with E-state index < -0.39 is 0 Å². The summed E-state index contributed by atoms with van der Waals surface area (Å²) in [6, 6.07) is 14.9. The molecule has 0 amide bonds. The molecule has 0 radical (unpaired) electrons. The fraction of sp³-hybridized carbons (Fsp3) is 0.400. The Morgan fingerprint density at radius 2 is 1.78 bits per heavy atom. The van der Waals surface area contributed by atoms with E-state index in [4.69, 9.17) is 10.5 Å². The fourth-order valence-electron chi connectivity index (χ4n) is 2.55. The lowest BCUT2D eigenvalue weighted by molar-refractivity contribution is 0.297. The molecule has 0 spiro atoms. The van der Waals surface area contributed by atoms with Gasteiger partial charge >= 0.3 is 0 Å². The van der Waals surface area contributed by atoms with E-state index in [-0.39, 0.29) is 17.2 Å². The lowest BCUT2D eigenvalue weighted by atomic mass is 9.85. The molecule has 0 bridgehead atoms. The minimum atomic E-state index is -0.282. The van der Waals surface area contributed by atoms with Crippen molar-refractivity contribution in [2.24, 2.45) is 5.73 Å². The minimum absolute atomic E-state index is 0.150. The van der Waals surface area contributed by atoms with Crippen LogP contribution in [0.5, 0.6) is 5.75 Å². The third kappa shape index (κ3) is 5.07. The Kier molecular flexibility index (Phi) is 5.78. The molecule has 0 heterocycles. The molecular formula is C20H26FNO. The van der Waals surface area contributed by atoms with Crippen LogP contribution in [0.1, 0.15) is 44.2 Å². The van der Waals surface area contributed by atoms with E-state index in [1.54, 1.807) is 12.1 Å². The Morgan fingerprint density at radius 1 is 1.09 bits per heavy atom. The van der Waals surface area contributed by atoms with E-state index in [0.29, 0.717) is 18.9 Å². The first kappa shape index (κ1) is 17.5. The van der Waals surface area contributed by atoms with Crippen LogP contribution in [-0.2, 0) is 5.41 Å². The highest BCUT2D eigenvalue weighted by Crippen LogP contribution is 2.25. The summed E-state index contributed by atoms with van der Waals surface area (Å²) in [6.45, 7) is 7.70. The Bertz CT molecular complexity index is 616. The molecule has 1 atom stereocenters.